The Labute approximate surface area is 178 Å². The van der Waals surface area contributed by atoms with Gasteiger partial charge in [0.1, 0.15) is 10.7 Å². The lowest BCUT2D eigenvalue weighted by molar-refractivity contribution is -0.137. The van der Waals surface area contributed by atoms with Crippen molar-refractivity contribution in [3.63, 3.8) is 0 Å². The molecule has 156 valence electrons. The van der Waals surface area contributed by atoms with E-state index in [1.165, 1.54) is 30.1 Å². The third-order valence-corrected chi connectivity index (χ3v) is 6.08. The van der Waals surface area contributed by atoms with E-state index in [4.69, 9.17) is 0 Å². The number of nitrogens with one attached hydrogen (secondary N) is 2. The van der Waals surface area contributed by atoms with Gasteiger partial charge in [-0.3, -0.25) is 9.59 Å². The minimum absolute atomic E-state index is 0.0926. The average molecular weight is 451 g/mol. The van der Waals surface area contributed by atoms with Gasteiger partial charge in [0, 0.05) is 18.2 Å². The van der Waals surface area contributed by atoms with Gasteiger partial charge in [-0.15, -0.1) is 0 Å². The summed E-state index contributed by atoms with van der Waals surface area (Å²) < 4.78 is 38.8. The Balaban J connectivity index is 1.85. The van der Waals surface area contributed by atoms with Gasteiger partial charge >= 0.3 is 6.18 Å². The highest BCUT2D eigenvalue weighted by Gasteiger charge is 2.30. The molecule has 0 fully saturated rings. The molecule has 1 aromatic heterocycles. The van der Waals surface area contributed by atoms with Crippen LogP contribution in [0, 0.1) is 0 Å². The molecule has 1 heterocycles. The van der Waals surface area contributed by atoms with Gasteiger partial charge in [-0.05, 0) is 24.3 Å². The van der Waals surface area contributed by atoms with Crippen molar-refractivity contribution in [1.29, 1.82) is 0 Å². The first-order valence-corrected chi connectivity index (χ1v) is 10.5. The van der Waals surface area contributed by atoms with Gasteiger partial charge in [-0.1, -0.05) is 53.4 Å². The first-order valence-electron chi connectivity index (χ1n) is 8.66. The van der Waals surface area contributed by atoms with E-state index in [1.807, 2.05) is 30.3 Å². The predicted molar refractivity (Wildman–Crippen MR) is 112 cm³/mol. The second-order valence-electron chi connectivity index (χ2n) is 6.01. The molecule has 0 saturated heterocycles. The van der Waals surface area contributed by atoms with Crippen LogP contribution in [0.4, 0.5) is 18.2 Å². The van der Waals surface area contributed by atoms with Crippen LogP contribution in [0.1, 0.15) is 15.9 Å². The number of benzene rings is 2. The van der Waals surface area contributed by atoms with Gasteiger partial charge in [0.2, 0.25) is 5.91 Å². The van der Waals surface area contributed by atoms with Crippen molar-refractivity contribution >= 4 is 39.9 Å². The number of thiazole rings is 1. The zero-order valence-electron chi connectivity index (χ0n) is 15.6. The predicted octanol–water partition coefficient (Wildman–Crippen LogP) is 4.92. The van der Waals surface area contributed by atoms with Gasteiger partial charge in [-0.25, -0.2) is 4.98 Å². The van der Waals surface area contributed by atoms with Crippen molar-refractivity contribution in [2.75, 3.05) is 18.1 Å². The molecule has 2 amide bonds. The largest absolute Gasteiger partial charge is 0.416 e. The molecule has 2 N–H and O–H groups in total. The Bertz CT molecular complexity index is 1040. The number of halogens is 3. The molecule has 0 aliphatic carbocycles. The third-order valence-electron chi connectivity index (χ3n) is 3.96. The maximum Gasteiger partial charge on any atom is 0.416 e. The van der Waals surface area contributed by atoms with Crippen LogP contribution in [0.15, 0.2) is 58.9 Å². The summed E-state index contributed by atoms with van der Waals surface area (Å²) in [5.74, 6) is -0.538. The molecule has 0 aliphatic heterocycles. The highest BCUT2D eigenvalue weighted by Crippen LogP contribution is 2.38. The minimum atomic E-state index is -4.47. The summed E-state index contributed by atoms with van der Waals surface area (Å²) in [5, 5.41) is 5.70. The molecule has 3 rings (SSSR count). The van der Waals surface area contributed by atoms with E-state index in [-0.39, 0.29) is 17.2 Å². The molecule has 10 heteroatoms. The van der Waals surface area contributed by atoms with Crippen LogP contribution < -0.4 is 10.6 Å². The van der Waals surface area contributed by atoms with E-state index in [0.717, 1.165) is 29.8 Å². The van der Waals surface area contributed by atoms with Crippen LogP contribution in [0.3, 0.4) is 0 Å². The number of alkyl halides is 3. The molecule has 0 unspecified atom stereocenters. The number of hydrogen-bond donors (Lipinski definition) is 2. The van der Waals surface area contributed by atoms with Gasteiger partial charge in [0.15, 0.2) is 4.34 Å². The molecule has 0 aliphatic rings. The number of thioether (sulfide) groups is 1. The number of rotatable bonds is 6. The third kappa shape index (κ3) is 5.39. The zero-order valence-corrected chi connectivity index (χ0v) is 17.3. The van der Waals surface area contributed by atoms with Crippen molar-refractivity contribution in [3.05, 3.63) is 65.7 Å². The highest BCUT2D eigenvalue weighted by atomic mass is 32.2. The van der Waals surface area contributed by atoms with Crippen LogP contribution in [-0.2, 0) is 11.0 Å². The lowest BCUT2D eigenvalue weighted by Crippen LogP contribution is -2.19. The van der Waals surface area contributed by atoms with Crippen LogP contribution in [0.5, 0.6) is 0 Å². The van der Waals surface area contributed by atoms with Crippen molar-refractivity contribution in [2.45, 2.75) is 10.5 Å². The number of hydrogen-bond acceptors (Lipinski definition) is 5. The Morgan fingerprint density at radius 2 is 1.73 bits per heavy atom. The Morgan fingerprint density at radius 1 is 1.07 bits per heavy atom. The maximum absolute atomic E-state index is 12.7. The topological polar surface area (TPSA) is 71.1 Å². The molecule has 0 bridgehead atoms. The van der Waals surface area contributed by atoms with Crippen molar-refractivity contribution < 1.29 is 22.8 Å². The van der Waals surface area contributed by atoms with Gasteiger partial charge in [0.25, 0.3) is 5.91 Å². The molecular formula is C20H16F3N3O2S2. The molecule has 30 heavy (non-hydrogen) atoms. The summed E-state index contributed by atoms with van der Waals surface area (Å²) in [6.45, 7) is 0. The molecule has 0 radical (unpaired) electrons. The fourth-order valence-corrected chi connectivity index (χ4v) is 4.36. The highest BCUT2D eigenvalue weighted by molar-refractivity contribution is 8.01. The van der Waals surface area contributed by atoms with Gasteiger partial charge < -0.3 is 10.6 Å². The van der Waals surface area contributed by atoms with E-state index in [9.17, 15) is 22.8 Å². The summed E-state index contributed by atoms with van der Waals surface area (Å²) in [5.41, 5.74) is 0.563. The molecule has 0 saturated carbocycles. The second-order valence-corrected chi connectivity index (χ2v) is 8.24. The SMILES string of the molecule is CNC(=O)CSc1nc(-c2ccccc2)c(NC(=O)c2ccc(C(F)(F)F)cc2)s1. The fraction of sp³-hybridized carbons (Fsp3) is 0.150. The Kier molecular flexibility index (Phi) is 6.78. The van der Waals surface area contributed by atoms with Crippen molar-refractivity contribution in [2.24, 2.45) is 0 Å². The first-order chi connectivity index (χ1) is 14.3. The normalized spacial score (nSPS) is 11.2. The van der Waals surface area contributed by atoms with E-state index in [1.54, 1.807) is 0 Å². The molecule has 0 atom stereocenters. The van der Waals surface area contributed by atoms with Crippen molar-refractivity contribution in [1.82, 2.24) is 10.3 Å². The monoisotopic (exact) mass is 451 g/mol. The summed E-state index contributed by atoms with van der Waals surface area (Å²) in [6.07, 6.45) is -4.47. The van der Waals surface area contributed by atoms with Crippen LogP contribution in [0.25, 0.3) is 11.3 Å². The van der Waals surface area contributed by atoms with Gasteiger partial charge in [0.05, 0.1) is 11.3 Å². The molecule has 2 aromatic carbocycles. The maximum atomic E-state index is 12.7. The van der Waals surface area contributed by atoms with E-state index < -0.39 is 17.6 Å². The molecule has 3 aromatic rings. The lowest BCUT2D eigenvalue weighted by Gasteiger charge is -2.08. The number of amides is 2. The molecular weight excluding hydrogens is 435 g/mol. The number of carbonyl (C=O) groups excluding carboxylic acids is 2. The van der Waals surface area contributed by atoms with Crippen LogP contribution in [-0.4, -0.2) is 29.6 Å². The Morgan fingerprint density at radius 3 is 2.33 bits per heavy atom. The minimum Gasteiger partial charge on any atom is -0.358 e. The van der Waals surface area contributed by atoms with Gasteiger partial charge in [-0.2, -0.15) is 13.2 Å². The van der Waals surface area contributed by atoms with Crippen molar-refractivity contribution in [3.8, 4) is 11.3 Å². The lowest BCUT2D eigenvalue weighted by atomic mass is 10.1. The standard InChI is InChI=1S/C20H16F3N3O2S2/c1-24-15(27)11-29-19-25-16(12-5-3-2-4-6-12)18(30-19)26-17(28)13-7-9-14(10-8-13)20(21,22)23/h2-10H,11H2,1H3,(H,24,27)(H,26,28). The summed E-state index contributed by atoms with van der Waals surface area (Å²) in [4.78, 5) is 28.6. The number of carbonyl (C=O) groups is 2. The average Bonchev–Trinajstić information content (AvgIpc) is 3.14. The van der Waals surface area contributed by atoms with E-state index in [0.29, 0.717) is 15.0 Å². The zero-order chi connectivity index (χ0) is 21.7. The smallest absolute Gasteiger partial charge is 0.358 e. The van der Waals surface area contributed by atoms with Crippen LogP contribution in [0.2, 0.25) is 0 Å². The summed E-state index contributed by atoms with van der Waals surface area (Å²) in [6, 6.07) is 13.1. The summed E-state index contributed by atoms with van der Waals surface area (Å²) >= 11 is 2.43. The number of nitrogens with zero attached hydrogens (tertiary/aromatic N) is 1. The van der Waals surface area contributed by atoms with E-state index in [2.05, 4.69) is 15.6 Å². The fourth-order valence-electron chi connectivity index (χ4n) is 2.42. The first kappa shape index (κ1) is 21.8. The molecule has 5 nitrogen and oxygen atoms in total. The van der Waals surface area contributed by atoms with Crippen LogP contribution >= 0.6 is 23.1 Å². The number of aromatic nitrogens is 1. The Hall–Kier alpha value is -2.85. The summed E-state index contributed by atoms with van der Waals surface area (Å²) in [7, 11) is 1.54. The molecule has 0 spiro atoms. The quantitative estimate of drug-likeness (QED) is 0.522. The number of anilines is 1. The van der Waals surface area contributed by atoms with E-state index >= 15 is 0 Å². The second kappa shape index (κ2) is 9.31.